The van der Waals surface area contributed by atoms with Crippen molar-refractivity contribution in [2.24, 2.45) is 0 Å². The SMILES string of the molecule is Cc1ccc(-c2nc3scc(-c4ccc(C)cc4C)c3c(=O)[nH]2)cc1. The van der Waals surface area contributed by atoms with E-state index >= 15 is 0 Å². The first-order valence-electron chi connectivity index (χ1n) is 8.19. The first kappa shape index (κ1) is 15.8. The lowest BCUT2D eigenvalue weighted by Gasteiger charge is -2.06. The van der Waals surface area contributed by atoms with Gasteiger partial charge in [0.15, 0.2) is 0 Å². The van der Waals surface area contributed by atoms with Crippen molar-refractivity contribution in [3.8, 4) is 22.5 Å². The minimum absolute atomic E-state index is 0.0863. The molecule has 4 aromatic rings. The molecule has 124 valence electrons. The summed E-state index contributed by atoms with van der Waals surface area (Å²) >= 11 is 1.52. The number of rotatable bonds is 2. The molecular weight excluding hydrogens is 328 g/mol. The number of thiophene rings is 1. The summed E-state index contributed by atoms with van der Waals surface area (Å²) in [6, 6.07) is 14.3. The van der Waals surface area contributed by atoms with Gasteiger partial charge in [-0.15, -0.1) is 11.3 Å². The number of hydrogen-bond acceptors (Lipinski definition) is 3. The standard InChI is InChI=1S/C21H18N2OS/c1-12-4-7-15(8-5-12)19-22-20(24)18-17(11-25-21(18)23-19)16-9-6-13(2)10-14(16)3/h4-11H,1-3H3,(H,22,23,24). The van der Waals surface area contributed by atoms with E-state index in [4.69, 9.17) is 4.98 Å². The molecule has 0 aliphatic rings. The molecule has 0 aliphatic heterocycles. The van der Waals surface area contributed by atoms with Crippen molar-refractivity contribution in [1.29, 1.82) is 0 Å². The van der Waals surface area contributed by atoms with Gasteiger partial charge in [0.1, 0.15) is 10.7 Å². The molecule has 2 aromatic heterocycles. The average Bonchev–Trinajstić information content (AvgIpc) is 3.00. The van der Waals surface area contributed by atoms with Crippen molar-refractivity contribution in [3.63, 3.8) is 0 Å². The van der Waals surface area contributed by atoms with E-state index in [1.165, 1.54) is 28.0 Å². The zero-order valence-electron chi connectivity index (χ0n) is 14.4. The van der Waals surface area contributed by atoms with Gasteiger partial charge < -0.3 is 4.98 Å². The summed E-state index contributed by atoms with van der Waals surface area (Å²) < 4.78 is 0. The molecule has 0 radical (unpaired) electrons. The second-order valence-corrected chi connectivity index (χ2v) is 7.29. The number of H-pyrrole nitrogens is 1. The Morgan fingerprint density at radius 2 is 1.64 bits per heavy atom. The molecule has 3 nitrogen and oxygen atoms in total. The molecule has 0 atom stereocenters. The van der Waals surface area contributed by atoms with Crippen LogP contribution in [0.5, 0.6) is 0 Å². The monoisotopic (exact) mass is 346 g/mol. The number of hydrogen-bond donors (Lipinski definition) is 1. The molecular formula is C21H18N2OS. The second kappa shape index (κ2) is 5.97. The summed E-state index contributed by atoms with van der Waals surface area (Å²) in [5, 5.41) is 2.71. The van der Waals surface area contributed by atoms with E-state index in [0.29, 0.717) is 11.2 Å². The predicted molar refractivity (Wildman–Crippen MR) is 105 cm³/mol. The van der Waals surface area contributed by atoms with Crippen LogP contribution in [0.4, 0.5) is 0 Å². The van der Waals surface area contributed by atoms with Gasteiger partial charge in [0.25, 0.3) is 5.56 Å². The Kier molecular flexibility index (Phi) is 3.77. The molecule has 0 saturated heterocycles. The quantitative estimate of drug-likeness (QED) is 0.539. The zero-order chi connectivity index (χ0) is 17.6. The van der Waals surface area contributed by atoms with Crippen molar-refractivity contribution in [2.45, 2.75) is 20.8 Å². The van der Waals surface area contributed by atoms with E-state index < -0.39 is 0 Å². The Hall–Kier alpha value is -2.72. The highest BCUT2D eigenvalue weighted by Crippen LogP contribution is 2.33. The molecule has 0 saturated carbocycles. The van der Waals surface area contributed by atoms with E-state index in [-0.39, 0.29) is 5.56 Å². The molecule has 0 spiro atoms. The van der Waals surface area contributed by atoms with Gasteiger partial charge >= 0.3 is 0 Å². The molecule has 0 aliphatic carbocycles. The van der Waals surface area contributed by atoms with Crippen molar-refractivity contribution in [2.75, 3.05) is 0 Å². The van der Waals surface area contributed by atoms with Crippen LogP contribution in [0, 0.1) is 20.8 Å². The van der Waals surface area contributed by atoms with Crippen LogP contribution in [0.2, 0.25) is 0 Å². The van der Waals surface area contributed by atoms with Crippen LogP contribution < -0.4 is 5.56 Å². The van der Waals surface area contributed by atoms with Crippen LogP contribution in [0.15, 0.2) is 52.6 Å². The number of nitrogens with one attached hydrogen (secondary N) is 1. The molecule has 25 heavy (non-hydrogen) atoms. The van der Waals surface area contributed by atoms with Crippen molar-refractivity contribution >= 4 is 21.6 Å². The van der Waals surface area contributed by atoms with Gasteiger partial charge in [-0.25, -0.2) is 4.98 Å². The summed E-state index contributed by atoms with van der Waals surface area (Å²) in [6.07, 6.45) is 0. The van der Waals surface area contributed by atoms with Gasteiger partial charge in [0.05, 0.1) is 5.39 Å². The highest BCUT2D eigenvalue weighted by molar-refractivity contribution is 7.17. The van der Waals surface area contributed by atoms with Gasteiger partial charge in [-0.1, -0.05) is 53.6 Å². The largest absolute Gasteiger partial charge is 0.306 e. The molecule has 0 unspecified atom stereocenters. The lowest BCUT2D eigenvalue weighted by Crippen LogP contribution is -2.09. The van der Waals surface area contributed by atoms with E-state index in [1.54, 1.807) is 0 Å². The summed E-state index contributed by atoms with van der Waals surface area (Å²) in [5.41, 5.74) is 6.45. The molecule has 0 fully saturated rings. The number of aromatic nitrogens is 2. The lowest BCUT2D eigenvalue weighted by molar-refractivity contribution is 1.19. The van der Waals surface area contributed by atoms with Crippen LogP contribution >= 0.6 is 11.3 Å². The van der Waals surface area contributed by atoms with E-state index in [1.807, 2.05) is 36.6 Å². The van der Waals surface area contributed by atoms with Gasteiger partial charge in [-0.3, -0.25) is 4.79 Å². The summed E-state index contributed by atoms with van der Waals surface area (Å²) in [5.74, 6) is 0.617. The van der Waals surface area contributed by atoms with Gasteiger partial charge in [-0.2, -0.15) is 0 Å². The Balaban J connectivity index is 1.90. The Labute approximate surface area is 150 Å². The van der Waals surface area contributed by atoms with Gasteiger partial charge in [-0.05, 0) is 31.9 Å². The molecule has 4 rings (SSSR count). The average molecular weight is 346 g/mol. The third-order valence-corrected chi connectivity index (χ3v) is 5.31. The highest BCUT2D eigenvalue weighted by atomic mass is 32.1. The third-order valence-electron chi connectivity index (χ3n) is 4.44. The predicted octanol–water partition coefficient (Wildman–Crippen LogP) is 5.24. The topological polar surface area (TPSA) is 45.8 Å². The van der Waals surface area contributed by atoms with Crippen LogP contribution in [-0.4, -0.2) is 9.97 Å². The third kappa shape index (κ3) is 2.79. The number of fused-ring (bicyclic) bond motifs is 1. The maximum absolute atomic E-state index is 12.8. The van der Waals surface area contributed by atoms with Gasteiger partial charge in [0.2, 0.25) is 0 Å². The summed E-state index contributed by atoms with van der Waals surface area (Å²) in [7, 11) is 0. The number of nitrogens with zero attached hydrogens (tertiary/aromatic N) is 1. The van der Waals surface area contributed by atoms with Crippen molar-refractivity contribution < 1.29 is 0 Å². The highest BCUT2D eigenvalue weighted by Gasteiger charge is 2.15. The van der Waals surface area contributed by atoms with E-state index in [2.05, 4.69) is 37.0 Å². The normalized spacial score (nSPS) is 11.2. The van der Waals surface area contributed by atoms with Crippen LogP contribution in [0.25, 0.3) is 32.7 Å². The summed E-state index contributed by atoms with van der Waals surface area (Å²) in [4.78, 5) is 21.2. The molecule has 4 heteroatoms. The van der Waals surface area contributed by atoms with Crippen LogP contribution in [-0.2, 0) is 0 Å². The number of aromatic amines is 1. The van der Waals surface area contributed by atoms with Crippen molar-refractivity contribution in [3.05, 3.63) is 74.9 Å². The fourth-order valence-corrected chi connectivity index (χ4v) is 4.05. The molecule has 0 bridgehead atoms. The Morgan fingerprint density at radius 1 is 0.920 bits per heavy atom. The second-order valence-electron chi connectivity index (χ2n) is 6.43. The maximum atomic E-state index is 12.8. The lowest BCUT2D eigenvalue weighted by atomic mass is 9.99. The van der Waals surface area contributed by atoms with Crippen molar-refractivity contribution in [1.82, 2.24) is 9.97 Å². The minimum Gasteiger partial charge on any atom is -0.306 e. The Bertz CT molecular complexity index is 1140. The van der Waals surface area contributed by atoms with Crippen LogP contribution in [0.1, 0.15) is 16.7 Å². The van der Waals surface area contributed by atoms with E-state index in [9.17, 15) is 4.79 Å². The minimum atomic E-state index is -0.0863. The maximum Gasteiger partial charge on any atom is 0.260 e. The fourth-order valence-electron chi connectivity index (χ4n) is 3.11. The molecule has 2 aromatic carbocycles. The molecule has 2 heterocycles. The number of aryl methyl sites for hydroxylation is 3. The van der Waals surface area contributed by atoms with E-state index in [0.717, 1.165) is 21.5 Å². The first-order valence-corrected chi connectivity index (χ1v) is 9.07. The molecule has 1 N–H and O–H groups in total. The Morgan fingerprint density at radius 3 is 2.36 bits per heavy atom. The fraction of sp³-hybridized carbons (Fsp3) is 0.143. The zero-order valence-corrected chi connectivity index (χ0v) is 15.2. The summed E-state index contributed by atoms with van der Waals surface area (Å²) in [6.45, 7) is 6.19. The van der Waals surface area contributed by atoms with Crippen LogP contribution in [0.3, 0.4) is 0 Å². The first-order chi connectivity index (χ1) is 12.0. The number of benzene rings is 2. The molecule has 0 amide bonds. The van der Waals surface area contributed by atoms with Gasteiger partial charge in [0, 0.05) is 16.5 Å². The smallest absolute Gasteiger partial charge is 0.260 e.